The average molecular weight is 580 g/mol. The monoisotopic (exact) mass is 579 g/mol. The van der Waals surface area contributed by atoms with E-state index in [1.807, 2.05) is 0 Å². The predicted molar refractivity (Wildman–Crippen MR) is 151 cm³/mol. The van der Waals surface area contributed by atoms with Gasteiger partial charge in [0.1, 0.15) is 0 Å². The molecule has 2 unspecified atom stereocenters. The van der Waals surface area contributed by atoms with E-state index in [-0.39, 0.29) is 28.3 Å². The number of halogens is 4. The lowest BCUT2D eigenvalue weighted by atomic mass is 9.80. The zero-order valence-corrected chi connectivity index (χ0v) is 22.3. The number of nitrogens with zero attached hydrogens (tertiary/aromatic N) is 1. The number of aliphatic hydroxyl groups excluding tert-OH is 1. The van der Waals surface area contributed by atoms with Crippen LogP contribution < -0.4 is 16.0 Å². The minimum absolute atomic E-state index is 0.0848. The molecule has 0 aromatic heterocycles. The Morgan fingerprint density at radius 1 is 0.976 bits per heavy atom. The summed E-state index contributed by atoms with van der Waals surface area (Å²) in [5, 5.41) is 12.2. The van der Waals surface area contributed by atoms with E-state index in [0.29, 0.717) is 22.5 Å². The second kappa shape index (κ2) is 11.3. The van der Waals surface area contributed by atoms with E-state index in [9.17, 15) is 27.9 Å². The number of fused-ring (bicyclic) bond motifs is 1. The van der Waals surface area contributed by atoms with Crippen LogP contribution in [0.5, 0.6) is 0 Å². The minimum atomic E-state index is -4.73. The van der Waals surface area contributed by atoms with E-state index in [1.165, 1.54) is 11.0 Å². The van der Waals surface area contributed by atoms with Crippen molar-refractivity contribution in [3.63, 3.8) is 0 Å². The summed E-state index contributed by atoms with van der Waals surface area (Å²) in [6.07, 6.45) is -4.52. The number of alkyl halides is 3. The number of carbonyl (C=O) groups is 2. The summed E-state index contributed by atoms with van der Waals surface area (Å²) in [5.41, 5.74) is 7.12. The number of carbonyl (C=O) groups excluding carboxylic acids is 2. The van der Waals surface area contributed by atoms with Gasteiger partial charge in [-0.2, -0.15) is 13.2 Å². The van der Waals surface area contributed by atoms with Gasteiger partial charge in [0.15, 0.2) is 0 Å². The molecule has 0 fully saturated rings. The molecule has 2 atom stereocenters. The molecule has 0 aliphatic carbocycles. The number of nitrogens with one attached hydrogen (secondary N) is 1. The molecule has 1 aliphatic heterocycles. The zero-order valence-electron chi connectivity index (χ0n) is 21.5. The third kappa shape index (κ3) is 5.64. The average Bonchev–Trinajstić information content (AvgIpc) is 2.96. The molecule has 210 valence electrons. The van der Waals surface area contributed by atoms with Gasteiger partial charge in [-0.25, -0.2) is 0 Å². The Bertz CT molecular complexity index is 1610. The van der Waals surface area contributed by atoms with Gasteiger partial charge in [-0.05, 0) is 65.6 Å². The molecule has 6 nitrogen and oxygen atoms in total. The number of aliphatic hydroxyl groups is 1. The first kappa shape index (κ1) is 28.2. The second-order valence-corrected chi connectivity index (χ2v) is 10.1. The zero-order chi connectivity index (χ0) is 29.3. The van der Waals surface area contributed by atoms with E-state index in [4.69, 9.17) is 17.3 Å². The summed E-state index contributed by atoms with van der Waals surface area (Å²) in [4.78, 5) is 29.5. The summed E-state index contributed by atoms with van der Waals surface area (Å²) in [5.74, 6) is -1.91. The van der Waals surface area contributed by atoms with Crippen molar-refractivity contribution in [2.45, 2.75) is 25.2 Å². The maximum Gasteiger partial charge on any atom is 0.416 e. The lowest BCUT2D eigenvalue weighted by Gasteiger charge is -2.42. The summed E-state index contributed by atoms with van der Waals surface area (Å²) < 4.78 is 40.9. The Morgan fingerprint density at radius 2 is 1.66 bits per heavy atom. The normalized spacial score (nSPS) is 16.7. The molecule has 41 heavy (non-hydrogen) atoms. The molecule has 10 heteroatoms. The number of hydrogen-bond acceptors (Lipinski definition) is 4. The number of nitrogen functional groups attached to an aromatic ring is 1. The molecule has 1 aliphatic rings. The fourth-order valence-corrected chi connectivity index (χ4v) is 5.42. The van der Waals surface area contributed by atoms with Crippen molar-refractivity contribution in [2.24, 2.45) is 5.92 Å². The van der Waals surface area contributed by atoms with Crippen molar-refractivity contribution in [3.8, 4) is 0 Å². The highest BCUT2D eigenvalue weighted by Gasteiger charge is 2.43. The SMILES string of the molecule is Nc1ccc(C2C(C(=O)Nc3ccc(CO)c(C(F)(F)F)c3)Cc3ccccc3N2C(=O)c2ccccc2Cl)cc1. The van der Waals surface area contributed by atoms with Crippen LogP contribution in [-0.2, 0) is 24.0 Å². The first-order valence-electron chi connectivity index (χ1n) is 12.7. The first-order valence-corrected chi connectivity index (χ1v) is 13.1. The molecule has 0 saturated heterocycles. The van der Waals surface area contributed by atoms with Crippen molar-refractivity contribution >= 4 is 40.5 Å². The number of rotatable bonds is 5. The van der Waals surface area contributed by atoms with Crippen LogP contribution in [-0.4, -0.2) is 16.9 Å². The first-order chi connectivity index (χ1) is 19.6. The maximum absolute atomic E-state index is 14.1. The van der Waals surface area contributed by atoms with Gasteiger partial charge in [0.2, 0.25) is 5.91 Å². The number of nitrogens with two attached hydrogens (primary N) is 1. The van der Waals surface area contributed by atoms with Crippen LogP contribution in [0.1, 0.15) is 38.7 Å². The summed E-state index contributed by atoms with van der Waals surface area (Å²) in [6, 6.07) is 22.9. The van der Waals surface area contributed by atoms with E-state index >= 15 is 0 Å². The molecule has 1 heterocycles. The Hall–Kier alpha value is -4.34. The number of hydrogen-bond donors (Lipinski definition) is 3. The molecule has 4 aromatic rings. The summed E-state index contributed by atoms with van der Waals surface area (Å²) in [6.45, 7) is -0.805. The topological polar surface area (TPSA) is 95.7 Å². The summed E-state index contributed by atoms with van der Waals surface area (Å²) in [7, 11) is 0. The van der Waals surface area contributed by atoms with Crippen LogP contribution in [0.4, 0.5) is 30.2 Å². The van der Waals surface area contributed by atoms with Gasteiger partial charge >= 0.3 is 6.18 Å². The Balaban J connectivity index is 1.61. The van der Waals surface area contributed by atoms with Crippen molar-refractivity contribution in [1.29, 1.82) is 0 Å². The van der Waals surface area contributed by atoms with Gasteiger partial charge in [-0.15, -0.1) is 0 Å². The van der Waals surface area contributed by atoms with Crippen molar-refractivity contribution in [3.05, 3.63) is 124 Å². The van der Waals surface area contributed by atoms with Crippen molar-refractivity contribution in [1.82, 2.24) is 0 Å². The highest BCUT2D eigenvalue weighted by Crippen LogP contribution is 2.44. The quantitative estimate of drug-likeness (QED) is 0.231. The number of amides is 2. The van der Waals surface area contributed by atoms with Crippen LogP contribution in [0.2, 0.25) is 5.02 Å². The molecule has 0 spiro atoms. The fraction of sp³-hybridized carbons (Fsp3) is 0.161. The van der Waals surface area contributed by atoms with Crippen molar-refractivity contribution in [2.75, 3.05) is 16.0 Å². The van der Waals surface area contributed by atoms with Crippen molar-refractivity contribution < 1.29 is 27.9 Å². The lowest BCUT2D eigenvalue weighted by molar-refractivity contribution is -0.138. The van der Waals surface area contributed by atoms with Crippen LogP contribution in [0, 0.1) is 5.92 Å². The van der Waals surface area contributed by atoms with E-state index in [0.717, 1.165) is 12.1 Å². The second-order valence-electron chi connectivity index (χ2n) is 9.72. The smallest absolute Gasteiger partial charge is 0.399 e. The third-order valence-electron chi connectivity index (χ3n) is 7.14. The number of anilines is 3. The van der Waals surface area contributed by atoms with Crippen LogP contribution in [0.15, 0.2) is 91.0 Å². The number of benzene rings is 4. The lowest BCUT2D eigenvalue weighted by Crippen LogP contribution is -2.47. The van der Waals surface area contributed by atoms with Crippen LogP contribution >= 0.6 is 11.6 Å². The summed E-state index contributed by atoms with van der Waals surface area (Å²) >= 11 is 6.41. The van der Waals surface area contributed by atoms with Gasteiger partial charge in [-0.1, -0.05) is 60.1 Å². The molecule has 5 rings (SSSR count). The minimum Gasteiger partial charge on any atom is -0.399 e. The molecule has 0 bridgehead atoms. The molecular weight excluding hydrogens is 555 g/mol. The van der Waals surface area contributed by atoms with Gasteiger partial charge < -0.3 is 16.2 Å². The molecule has 4 aromatic carbocycles. The standard InChI is InChI=1S/C31H25ClF3N3O3/c32-26-7-3-2-6-23(26)30(41)38-27-8-4-1-5-19(27)15-24(28(38)18-9-12-21(36)13-10-18)29(40)37-22-14-11-20(17-39)25(16-22)31(33,34)35/h1-14,16,24,28,39H,15,17,36H2,(H,37,40). The predicted octanol–water partition coefficient (Wildman–Crippen LogP) is 6.63. The fourth-order valence-electron chi connectivity index (χ4n) is 5.20. The highest BCUT2D eigenvalue weighted by atomic mass is 35.5. The molecule has 0 radical (unpaired) electrons. The van der Waals surface area contributed by atoms with E-state index in [1.54, 1.807) is 72.8 Å². The van der Waals surface area contributed by atoms with E-state index < -0.39 is 42.1 Å². The molecule has 0 saturated carbocycles. The highest BCUT2D eigenvalue weighted by molar-refractivity contribution is 6.34. The van der Waals surface area contributed by atoms with E-state index in [2.05, 4.69) is 5.32 Å². The van der Waals surface area contributed by atoms with Gasteiger partial charge in [0.05, 0.1) is 34.7 Å². The van der Waals surface area contributed by atoms with Gasteiger partial charge in [0, 0.05) is 17.1 Å². The van der Waals surface area contributed by atoms with Crippen LogP contribution in [0.3, 0.4) is 0 Å². The molecular formula is C31H25ClF3N3O3. The third-order valence-corrected chi connectivity index (χ3v) is 7.47. The van der Waals surface area contributed by atoms with Gasteiger partial charge in [-0.3, -0.25) is 14.5 Å². The number of para-hydroxylation sites is 1. The molecule has 2 amide bonds. The Labute approximate surface area is 239 Å². The Kier molecular flexibility index (Phi) is 7.75. The maximum atomic E-state index is 14.1. The molecule has 4 N–H and O–H groups in total. The largest absolute Gasteiger partial charge is 0.416 e. The van der Waals surface area contributed by atoms with Gasteiger partial charge in [0.25, 0.3) is 5.91 Å². The Morgan fingerprint density at radius 3 is 2.34 bits per heavy atom. The van der Waals surface area contributed by atoms with Crippen LogP contribution in [0.25, 0.3) is 0 Å².